The molecule has 0 N–H and O–H groups in total. The van der Waals surface area contributed by atoms with Gasteiger partial charge >= 0.3 is 7.12 Å². The van der Waals surface area contributed by atoms with Gasteiger partial charge in [-0.15, -0.1) is 0 Å². The van der Waals surface area contributed by atoms with Crippen LogP contribution in [-0.2, 0) is 9.31 Å². The quantitative estimate of drug-likeness (QED) is 0.534. The molecule has 2 nitrogen and oxygen atoms in total. The second-order valence-electron chi connectivity index (χ2n) is 5.68. The Kier molecular flexibility index (Phi) is 4.25. The van der Waals surface area contributed by atoms with Gasteiger partial charge in [-0.05, 0) is 46.5 Å². The molecule has 92 valence electrons. The lowest BCUT2D eigenvalue weighted by Gasteiger charge is -2.32. The Hall–Kier alpha value is -0.275. The summed E-state index contributed by atoms with van der Waals surface area (Å²) in [5.41, 5.74) is 0.752. The summed E-state index contributed by atoms with van der Waals surface area (Å²) in [6, 6.07) is 0. The van der Waals surface area contributed by atoms with Gasteiger partial charge in [-0.3, -0.25) is 0 Å². The Labute approximate surface area is 101 Å². The topological polar surface area (TPSA) is 18.5 Å². The van der Waals surface area contributed by atoms with Gasteiger partial charge in [0.2, 0.25) is 0 Å². The summed E-state index contributed by atoms with van der Waals surface area (Å²) < 4.78 is 11.9. The second kappa shape index (κ2) is 4.93. The minimum atomic E-state index is -0.225. The number of unbranched alkanes of at least 4 members (excludes halogenated alkanes) is 2. The number of rotatable bonds is 4. The van der Waals surface area contributed by atoms with E-state index in [1.165, 1.54) is 18.3 Å². The molecule has 1 aliphatic heterocycles. The maximum atomic E-state index is 5.97. The Balaban J connectivity index is 2.62. The van der Waals surface area contributed by atoms with E-state index in [2.05, 4.69) is 47.6 Å². The van der Waals surface area contributed by atoms with Crippen LogP contribution in [0.4, 0.5) is 0 Å². The van der Waals surface area contributed by atoms with Crippen LogP contribution in [0, 0.1) is 0 Å². The standard InChI is InChI=1S/C13H25BO2/c1-7-8-9-10-11(2)14-15-12(3,4)13(5,6)16-14/h10H,7-9H2,1-6H3. The average molecular weight is 224 g/mol. The third-order valence-electron chi connectivity index (χ3n) is 3.65. The van der Waals surface area contributed by atoms with Gasteiger partial charge < -0.3 is 9.31 Å². The summed E-state index contributed by atoms with van der Waals surface area (Å²) in [4.78, 5) is 0. The normalized spacial score (nSPS) is 23.9. The molecule has 0 aromatic heterocycles. The SMILES string of the molecule is CCCCC=C(C)B1OC(C)(C)C(C)(C)O1. The summed E-state index contributed by atoms with van der Waals surface area (Å²) >= 11 is 0. The van der Waals surface area contributed by atoms with Crippen molar-refractivity contribution >= 4 is 7.12 Å². The molecular formula is C13H25BO2. The van der Waals surface area contributed by atoms with Crippen molar-refractivity contribution in [2.45, 2.75) is 72.0 Å². The van der Waals surface area contributed by atoms with Crippen molar-refractivity contribution in [3.8, 4) is 0 Å². The lowest BCUT2D eigenvalue weighted by atomic mass is 9.79. The van der Waals surface area contributed by atoms with Gasteiger partial charge in [0.15, 0.2) is 0 Å². The summed E-state index contributed by atoms with van der Waals surface area (Å²) in [6.45, 7) is 12.7. The third kappa shape index (κ3) is 2.89. The Morgan fingerprint density at radius 3 is 2.06 bits per heavy atom. The van der Waals surface area contributed by atoms with Crippen molar-refractivity contribution in [3.63, 3.8) is 0 Å². The summed E-state index contributed by atoms with van der Waals surface area (Å²) in [6.07, 6.45) is 5.82. The van der Waals surface area contributed by atoms with Crippen LogP contribution in [0.2, 0.25) is 0 Å². The predicted molar refractivity (Wildman–Crippen MR) is 69.4 cm³/mol. The molecule has 3 heteroatoms. The highest BCUT2D eigenvalue weighted by Gasteiger charge is 2.51. The Morgan fingerprint density at radius 2 is 1.62 bits per heavy atom. The molecule has 0 spiro atoms. The van der Waals surface area contributed by atoms with Gasteiger partial charge in [-0.1, -0.05) is 25.8 Å². The van der Waals surface area contributed by atoms with E-state index >= 15 is 0 Å². The van der Waals surface area contributed by atoms with Crippen LogP contribution in [0.25, 0.3) is 0 Å². The molecule has 0 unspecified atom stereocenters. The van der Waals surface area contributed by atoms with Gasteiger partial charge in [0, 0.05) is 0 Å². The fraction of sp³-hybridized carbons (Fsp3) is 0.846. The minimum absolute atomic E-state index is 0.165. The van der Waals surface area contributed by atoms with Crippen LogP contribution in [0.5, 0.6) is 0 Å². The van der Waals surface area contributed by atoms with Crippen molar-refractivity contribution < 1.29 is 9.31 Å². The number of hydrogen-bond acceptors (Lipinski definition) is 2. The lowest BCUT2D eigenvalue weighted by molar-refractivity contribution is 0.00578. The molecule has 0 bridgehead atoms. The van der Waals surface area contributed by atoms with Gasteiger partial charge in [0.1, 0.15) is 0 Å². The highest BCUT2D eigenvalue weighted by molar-refractivity contribution is 6.54. The van der Waals surface area contributed by atoms with Crippen molar-refractivity contribution in [2.75, 3.05) is 0 Å². The van der Waals surface area contributed by atoms with E-state index in [0.717, 1.165) is 6.42 Å². The minimum Gasteiger partial charge on any atom is -0.400 e. The highest BCUT2D eigenvalue weighted by atomic mass is 16.7. The smallest absolute Gasteiger partial charge is 0.400 e. The molecule has 1 saturated heterocycles. The van der Waals surface area contributed by atoms with E-state index in [-0.39, 0.29) is 18.3 Å². The molecule has 1 aliphatic rings. The second-order valence-corrected chi connectivity index (χ2v) is 5.68. The van der Waals surface area contributed by atoms with Crippen molar-refractivity contribution in [2.24, 2.45) is 0 Å². The van der Waals surface area contributed by atoms with Crippen LogP contribution in [-0.4, -0.2) is 18.3 Å². The van der Waals surface area contributed by atoms with Gasteiger partial charge in [0.05, 0.1) is 11.2 Å². The first-order valence-electron chi connectivity index (χ1n) is 6.32. The highest BCUT2D eigenvalue weighted by Crippen LogP contribution is 2.38. The average Bonchev–Trinajstić information content (AvgIpc) is 2.36. The monoisotopic (exact) mass is 224 g/mol. The lowest BCUT2D eigenvalue weighted by Crippen LogP contribution is -2.41. The molecule has 0 atom stereocenters. The molecule has 0 saturated carbocycles. The Bertz CT molecular complexity index is 253. The summed E-state index contributed by atoms with van der Waals surface area (Å²) in [5, 5.41) is 0. The molecule has 0 aromatic rings. The maximum Gasteiger partial charge on any atom is 0.489 e. The maximum absolute atomic E-state index is 5.97. The van der Waals surface area contributed by atoms with Crippen LogP contribution in [0.1, 0.15) is 60.8 Å². The fourth-order valence-electron chi connectivity index (χ4n) is 1.66. The van der Waals surface area contributed by atoms with Crippen molar-refractivity contribution in [1.29, 1.82) is 0 Å². The van der Waals surface area contributed by atoms with Crippen LogP contribution >= 0.6 is 0 Å². The zero-order valence-electron chi connectivity index (χ0n) is 11.6. The molecular weight excluding hydrogens is 199 g/mol. The van der Waals surface area contributed by atoms with Gasteiger partial charge in [0.25, 0.3) is 0 Å². The largest absolute Gasteiger partial charge is 0.489 e. The first-order chi connectivity index (χ1) is 7.30. The van der Waals surface area contributed by atoms with Gasteiger partial charge in [-0.2, -0.15) is 0 Å². The molecule has 0 amide bonds. The number of allylic oxidation sites excluding steroid dienone is 2. The van der Waals surface area contributed by atoms with Crippen LogP contribution < -0.4 is 0 Å². The van der Waals surface area contributed by atoms with E-state index in [4.69, 9.17) is 9.31 Å². The third-order valence-corrected chi connectivity index (χ3v) is 3.65. The molecule has 1 rings (SSSR count). The summed E-state index contributed by atoms with van der Waals surface area (Å²) in [5.74, 6) is 0. The van der Waals surface area contributed by atoms with E-state index in [9.17, 15) is 0 Å². The molecule has 1 heterocycles. The zero-order chi connectivity index (χ0) is 12.4. The van der Waals surface area contributed by atoms with Gasteiger partial charge in [-0.25, -0.2) is 0 Å². The molecule has 1 fully saturated rings. The number of hydrogen-bond donors (Lipinski definition) is 0. The fourth-order valence-corrected chi connectivity index (χ4v) is 1.66. The molecule has 0 aromatic carbocycles. The Morgan fingerprint density at radius 1 is 1.12 bits per heavy atom. The van der Waals surface area contributed by atoms with E-state index in [1.807, 2.05) is 0 Å². The first kappa shape index (κ1) is 13.8. The molecule has 0 aliphatic carbocycles. The van der Waals surface area contributed by atoms with Crippen molar-refractivity contribution in [1.82, 2.24) is 0 Å². The molecule has 16 heavy (non-hydrogen) atoms. The first-order valence-corrected chi connectivity index (χ1v) is 6.32. The van der Waals surface area contributed by atoms with Crippen LogP contribution in [0.15, 0.2) is 11.5 Å². The van der Waals surface area contributed by atoms with E-state index in [1.54, 1.807) is 0 Å². The predicted octanol–water partition coefficient (Wildman–Crippen LogP) is 3.75. The van der Waals surface area contributed by atoms with E-state index < -0.39 is 0 Å². The van der Waals surface area contributed by atoms with Crippen molar-refractivity contribution in [3.05, 3.63) is 11.5 Å². The zero-order valence-corrected chi connectivity index (χ0v) is 11.6. The van der Waals surface area contributed by atoms with E-state index in [0.29, 0.717) is 0 Å². The van der Waals surface area contributed by atoms with Crippen LogP contribution in [0.3, 0.4) is 0 Å². The summed E-state index contributed by atoms with van der Waals surface area (Å²) in [7, 11) is -0.165. The molecule has 0 radical (unpaired) electrons.